The van der Waals surface area contributed by atoms with Crippen LogP contribution in [0.15, 0.2) is 24.3 Å². The maximum atomic E-state index is 11.8. The first kappa shape index (κ1) is 15.7. The molecule has 3 atom stereocenters. The van der Waals surface area contributed by atoms with Gasteiger partial charge in [0.25, 0.3) is 0 Å². The summed E-state index contributed by atoms with van der Waals surface area (Å²) >= 11 is 0. The maximum absolute atomic E-state index is 11.8. The fourth-order valence-corrected chi connectivity index (χ4v) is 1.79. The molecule has 0 spiro atoms. The van der Waals surface area contributed by atoms with Crippen molar-refractivity contribution in [1.82, 2.24) is 5.32 Å². The average molecular weight is 284 g/mol. The Morgan fingerprint density at radius 2 is 2.00 bits per heavy atom. The lowest BCUT2D eigenvalue weighted by Gasteiger charge is -2.14. The molecule has 1 rings (SSSR count). The van der Waals surface area contributed by atoms with Gasteiger partial charge in [-0.3, -0.25) is 9.00 Å². The Morgan fingerprint density at radius 1 is 1.42 bits per heavy atom. The number of phenols is 1. The Kier molecular flexibility index (Phi) is 5.98. The number of nitrogens with one attached hydrogen (secondary N) is 1. The van der Waals surface area contributed by atoms with Crippen molar-refractivity contribution in [3.63, 3.8) is 0 Å². The lowest BCUT2D eigenvalue weighted by atomic mass is 10.1. The maximum Gasteiger partial charge on any atom is 0.237 e. The minimum atomic E-state index is -0.964. The van der Waals surface area contributed by atoms with Crippen LogP contribution >= 0.6 is 0 Å². The second kappa shape index (κ2) is 7.25. The second-order valence-electron chi connectivity index (χ2n) is 4.53. The Morgan fingerprint density at radius 3 is 2.53 bits per heavy atom. The van der Waals surface area contributed by atoms with Crippen molar-refractivity contribution in [3.05, 3.63) is 29.8 Å². The molecule has 0 bridgehead atoms. The molecule has 19 heavy (non-hydrogen) atoms. The molecule has 0 saturated carbocycles. The molecule has 0 heterocycles. The Labute approximate surface area is 115 Å². The summed E-state index contributed by atoms with van der Waals surface area (Å²) in [7, 11) is -0.964. The Balaban J connectivity index is 2.44. The zero-order valence-corrected chi connectivity index (χ0v) is 11.9. The van der Waals surface area contributed by atoms with Crippen LogP contribution in [0.25, 0.3) is 0 Å². The zero-order valence-electron chi connectivity index (χ0n) is 11.1. The quantitative estimate of drug-likeness (QED) is 0.693. The van der Waals surface area contributed by atoms with Crippen LogP contribution < -0.4 is 11.1 Å². The van der Waals surface area contributed by atoms with Crippen molar-refractivity contribution in [1.29, 1.82) is 0 Å². The number of hydrogen-bond acceptors (Lipinski definition) is 4. The van der Waals surface area contributed by atoms with Crippen LogP contribution in [0.4, 0.5) is 0 Å². The van der Waals surface area contributed by atoms with E-state index in [1.54, 1.807) is 30.5 Å². The van der Waals surface area contributed by atoms with Crippen molar-refractivity contribution in [2.24, 2.45) is 5.73 Å². The molecule has 0 aromatic heterocycles. The molecule has 0 aliphatic heterocycles. The van der Waals surface area contributed by atoms with Gasteiger partial charge in [0, 0.05) is 28.9 Å². The van der Waals surface area contributed by atoms with Gasteiger partial charge in [0.1, 0.15) is 5.75 Å². The number of carbonyl (C=O) groups is 1. The number of phenolic OH excluding ortho intramolecular Hbond substituents is 1. The zero-order chi connectivity index (χ0) is 14.4. The van der Waals surface area contributed by atoms with E-state index in [4.69, 9.17) is 10.8 Å². The first-order valence-corrected chi connectivity index (χ1v) is 7.65. The predicted octanol–water partition coefficient (Wildman–Crippen LogP) is 0.145. The summed E-state index contributed by atoms with van der Waals surface area (Å²) in [4.78, 5) is 11.8. The van der Waals surface area contributed by atoms with Crippen molar-refractivity contribution >= 4 is 16.7 Å². The minimum absolute atomic E-state index is 0.0928. The van der Waals surface area contributed by atoms with E-state index in [0.29, 0.717) is 13.0 Å². The molecule has 2 unspecified atom stereocenters. The highest BCUT2D eigenvalue weighted by atomic mass is 32.2. The fourth-order valence-electron chi connectivity index (χ4n) is 1.47. The predicted molar refractivity (Wildman–Crippen MR) is 76.3 cm³/mol. The van der Waals surface area contributed by atoms with Gasteiger partial charge in [-0.15, -0.1) is 0 Å². The molecular formula is C13H20N2O3S. The van der Waals surface area contributed by atoms with Crippen molar-refractivity contribution < 1.29 is 14.1 Å². The number of aromatic hydroxyl groups is 1. The lowest BCUT2D eigenvalue weighted by Crippen LogP contribution is -2.44. The summed E-state index contributed by atoms with van der Waals surface area (Å²) in [6.45, 7) is 2.16. The SMILES string of the molecule is CC(CNC(=O)[C@H](N)Cc1ccc(O)cc1)S(C)=O. The van der Waals surface area contributed by atoms with Crippen LogP contribution in [0.2, 0.25) is 0 Å². The van der Waals surface area contributed by atoms with Crippen LogP contribution in [0.5, 0.6) is 5.75 Å². The van der Waals surface area contributed by atoms with Gasteiger partial charge in [-0.05, 0) is 31.0 Å². The highest BCUT2D eigenvalue weighted by Gasteiger charge is 2.15. The number of amides is 1. The monoisotopic (exact) mass is 284 g/mol. The molecule has 0 saturated heterocycles. The van der Waals surface area contributed by atoms with Crippen LogP contribution in [0.1, 0.15) is 12.5 Å². The van der Waals surface area contributed by atoms with Gasteiger partial charge in [0.2, 0.25) is 5.91 Å². The minimum Gasteiger partial charge on any atom is -0.508 e. The first-order chi connectivity index (χ1) is 8.90. The number of rotatable bonds is 6. The average Bonchev–Trinajstić information content (AvgIpc) is 2.37. The molecule has 0 fully saturated rings. The number of nitrogens with two attached hydrogens (primary N) is 1. The third kappa shape index (κ3) is 5.40. The normalized spacial score (nSPS) is 15.5. The summed E-state index contributed by atoms with van der Waals surface area (Å²) in [5.74, 6) is -0.0774. The number of carbonyl (C=O) groups excluding carboxylic acids is 1. The van der Waals surface area contributed by atoms with E-state index in [1.807, 2.05) is 6.92 Å². The van der Waals surface area contributed by atoms with Crippen LogP contribution in [0.3, 0.4) is 0 Å². The molecular weight excluding hydrogens is 264 g/mol. The smallest absolute Gasteiger partial charge is 0.237 e. The largest absolute Gasteiger partial charge is 0.508 e. The standard InChI is InChI=1S/C13H20N2O3S/c1-9(19(2)18)8-15-13(17)12(14)7-10-3-5-11(16)6-4-10/h3-6,9,12,16H,7-8,14H2,1-2H3,(H,15,17)/t9?,12-,19?/m1/s1. The molecule has 0 radical (unpaired) electrons. The van der Waals surface area contributed by atoms with Gasteiger partial charge >= 0.3 is 0 Å². The molecule has 1 aromatic rings. The van der Waals surface area contributed by atoms with Gasteiger partial charge in [-0.25, -0.2) is 0 Å². The molecule has 1 aromatic carbocycles. The lowest BCUT2D eigenvalue weighted by molar-refractivity contribution is -0.122. The van der Waals surface area contributed by atoms with Gasteiger partial charge in [-0.1, -0.05) is 12.1 Å². The highest BCUT2D eigenvalue weighted by Crippen LogP contribution is 2.10. The highest BCUT2D eigenvalue weighted by molar-refractivity contribution is 7.84. The van der Waals surface area contributed by atoms with Gasteiger partial charge in [0.15, 0.2) is 0 Å². The Hall–Kier alpha value is -1.40. The van der Waals surface area contributed by atoms with Crippen LogP contribution in [-0.2, 0) is 22.0 Å². The van der Waals surface area contributed by atoms with Crippen LogP contribution in [-0.4, -0.2) is 39.3 Å². The van der Waals surface area contributed by atoms with E-state index >= 15 is 0 Å². The first-order valence-electron chi connectivity index (χ1n) is 6.03. The molecule has 106 valence electrons. The van der Waals surface area contributed by atoms with Crippen molar-refractivity contribution in [3.8, 4) is 5.75 Å². The topological polar surface area (TPSA) is 92.4 Å². The van der Waals surface area contributed by atoms with Crippen molar-refractivity contribution in [2.45, 2.75) is 24.6 Å². The summed E-state index contributed by atoms with van der Waals surface area (Å²) in [6, 6.07) is 5.92. The fraction of sp³-hybridized carbons (Fsp3) is 0.462. The summed E-state index contributed by atoms with van der Waals surface area (Å²) < 4.78 is 11.2. The number of hydrogen-bond donors (Lipinski definition) is 3. The van der Waals surface area contributed by atoms with Gasteiger partial charge < -0.3 is 16.2 Å². The van der Waals surface area contributed by atoms with E-state index in [9.17, 15) is 9.00 Å². The van der Waals surface area contributed by atoms with E-state index in [-0.39, 0.29) is 16.9 Å². The third-order valence-electron chi connectivity index (χ3n) is 2.86. The summed E-state index contributed by atoms with van der Waals surface area (Å²) in [5, 5.41) is 11.8. The molecule has 0 aliphatic carbocycles. The van der Waals surface area contributed by atoms with E-state index in [2.05, 4.69) is 5.32 Å². The molecule has 1 amide bonds. The van der Waals surface area contributed by atoms with E-state index in [0.717, 1.165) is 5.56 Å². The van der Waals surface area contributed by atoms with Gasteiger partial charge in [-0.2, -0.15) is 0 Å². The number of benzene rings is 1. The molecule has 0 aliphatic rings. The molecule has 5 nitrogen and oxygen atoms in total. The summed E-state index contributed by atoms with van der Waals surface area (Å²) in [6.07, 6.45) is 2.00. The summed E-state index contributed by atoms with van der Waals surface area (Å²) in [5.41, 5.74) is 6.68. The van der Waals surface area contributed by atoms with Crippen molar-refractivity contribution in [2.75, 3.05) is 12.8 Å². The Bertz CT molecular complexity index is 448. The third-order valence-corrected chi connectivity index (χ3v) is 4.16. The molecule has 4 N–H and O–H groups in total. The van der Waals surface area contributed by atoms with E-state index in [1.165, 1.54) is 0 Å². The molecule has 6 heteroatoms. The van der Waals surface area contributed by atoms with Crippen LogP contribution in [0, 0.1) is 0 Å². The van der Waals surface area contributed by atoms with E-state index < -0.39 is 16.8 Å². The second-order valence-corrected chi connectivity index (χ2v) is 6.33. The van der Waals surface area contributed by atoms with Gasteiger partial charge in [0.05, 0.1) is 6.04 Å².